The van der Waals surface area contributed by atoms with Crippen molar-refractivity contribution in [2.24, 2.45) is 0 Å². The van der Waals surface area contributed by atoms with Gasteiger partial charge in [-0.05, 0) is 35.4 Å². The Morgan fingerprint density at radius 2 is 1.71 bits per heavy atom. The molecular formula is C25H24ClN3O2. The molecule has 31 heavy (non-hydrogen) atoms. The van der Waals surface area contributed by atoms with E-state index in [1.807, 2.05) is 77.7 Å². The summed E-state index contributed by atoms with van der Waals surface area (Å²) >= 11 is 6.40. The van der Waals surface area contributed by atoms with E-state index in [0.717, 1.165) is 27.5 Å². The number of nitrogens with zero attached hydrogens (tertiary/aromatic N) is 2. The maximum absolute atomic E-state index is 13.2. The first-order chi connectivity index (χ1) is 15.2. The Bertz CT molecular complexity index is 1090. The quantitative estimate of drug-likeness (QED) is 0.625. The summed E-state index contributed by atoms with van der Waals surface area (Å²) in [5.41, 5.74) is 3.81. The minimum atomic E-state index is -0.151. The fraction of sp³-hybridized carbons (Fsp3) is 0.240. The van der Waals surface area contributed by atoms with Crippen molar-refractivity contribution in [1.29, 1.82) is 0 Å². The SMILES string of the molecule is O=C(Nc1ccccc1)N1C[C@H]2[C@@H](c3ccccc31)[C@H](CO)N2Cc1ccccc1Cl. The molecule has 0 aromatic heterocycles. The highest BCUT2D eigenvalue weighted by atomic mass is 35.5. The number of fused-ring (bicyclic) bond motifs is 3. The van der Waals surface area contributed by atoms with Crippen LogP contribution < -0.4 is 10.2 Å². The topological polar surface area (TPSA) is 55.8 Å². The fourth-order valence-electron chi connectivity index (χ4n) is 4.93. The summed E-state index contributed by atoms with van der Waals surface area (Å²) in [6.45, 7) is 1.26. The van der Waals surface area contributed by atoms with Crippen LogP contribution in [0, 0.1) is 0 Å². The second-order valence-electron chi connectivity index (χ2n) is 8.07. The van der Waals surface area contributed by atoms with Gasteiger partial charge in [-0.25, -0.2) is 4.79 Å². The van der Waals surface area contributed by atoms with Crippen molar-refractivity contribution in [3.05, 3.63) is 95.0 Å². The predicted molar refractivity (Wildman–Crippen MR) is 124 cm³/mol. The Kier molecular flexibility index (Phi) is 5.40. The Labute approximate surface area is 186 Å². The molecule has 0 spiro atoms. The van der Waals surface area contributed by atoms with E-state index >= 15 is 0 Å². The second kappa shape index (κ2) is 8.35. The summed E-state index contributed by atoms with van der Waals surface area (Å²) in [6, 6.07) is 25.3. The first kappa shape index (κ1) is 20.1. The molecule has 3 aromatic carbocycles. The largest absolute Gasteiger partial charge is 0.395 e. The predicted octanol–water partition coefficient (Wildman–Crippen LogP) is 4.72. The third kappa shape index (κ3) is 3.59. The van der Waals surface area contributed by atoms with Crippen LogP contribution in [-0.4, -0.2) is 41.3 Å². The number of aliphatic hydroxyl groups is 1. The zero-order valence-corrected chi connectivity index (χ0v) is 17.7. The maximum atomic E-state index is 13.2. The van der Waals surface area contributed by atoms with Gasteiger partial charge < -0.3 is 10.4 Å². The Morgan fingerprint density at radius 3 is 2.48 bits per heavy atom. The van der Waals surface area contributed by atoms with Crippen LogP contribution in [0.15, 0.2) is 78.9 Å². The molecule has 2 heterocycles. The van der Waals surface area contributed by atoms with Gasteiger partial charge >= 0.3 is 6.03 Å². The molecule has 5 rings (SSSR count). The molecule has 2 N–H and O–H groups in total. The third-order valence-corrected chi connectivity index (χ3v) is 6.77. The number of nitrogens with one attached hydrogen (secondary N) is 1. The fourth-order valence-corrected chi connectivity index (χ4v) is 5.12. The van der Waals surface area contributed by atoms with Gasteiger partial charge in [-0.3, -0.25) is 9.80 Å². The number of halogens is 1. The number of rotatable bonds is 4. The van der Waals surface area contributed by atoms with Crippen molar-refractivity contribution in [3.63, 3.8) is 0 Å². The molecule has 0 saturated carbocycles. The zero-order valence-electron chi connectivity index (χ0n) is 17.0. The lowest BCUT2D eigenvalue weighted by atomic mass is 9.72. The third-order valence-electron chi connectivity index (χ3n) is 6.41. The van der Waals surface area contributed by atoms with Gasteiger partial charge in [-0.15, -0.1) is 0 Å². The molecule has 3 aromatic rings. The van der Waals surface area contributed by atoms with Gasteiger partial charge in [-0.2, -0.15) is 0 Å². The molecule has 158 valence electrons. The summed E-state index contributed by atoms with van der Waals surface area (Å²) in [6.07, 6.45) is 0. The van der Waals surface area contributed by atoms with E-state index in [1.54, 1.807) is 0 Å². The zero-order chi connectivity index (χ0) is 21.4. The monoisotopic (exact) mass is 433 g/mol. The van der Waals surface area contributed by atoms with E-state index in [9.17, 15) is 9.90 Å². The van der Waals surface area contributed by atoms with Gasteiger partial charge in [0, 0.05) is 47.5 Å². The van der Waals surface area contributed by atoms with E-state index in [-0.39, 0.29) is 30.6 Å². The highest BCUT2D eigenvalue weighted by molar-refractivity contribution is 6.31. The number of likely N-dealkylation sites (tertiary alicyclic amines) is 1. The molecule has 0 unspecified atom stereocenters. The minimum absolute atomic E-state index is 0.00163. The van der Waals surface area contributed by atoms with Crippen LogP contribution in [0.2, 0.25) is 5.02 Å². The number of benzene rings is 3. The van der Waals surface area contributed by atoms with E-state index < -0.39 is 0 Å². The van der Waals surface area contributed by atoms with E-state index in [2.05, 4.69) is 16.3 Å². The van der Waals surface area contributed by atoms with Crippen molar-refractivity contribution in [1.82, 2.24) is 4.90 Å². The van der Waals surface area contributed by atoms with Crippen LogP contribution in [0.5, 0.6) is 0 Å². The Morgan fingerprint density at radius 1 is 1.00 bits per heavy atom. The average Bonchev–Trinajstić information content (AvgIpc) is 2.79. The van der Waals surface area contributed by atoms with Gasteiger partial charge in [0.1, 0.15) is 0 Å². The average molecular weight is 434 g/mol. The maximum Gasteiger partial charge on any atom is 0.326 e. The first-order valence-electron chi connectivity index (χ1n) is 10.5. The number of carbonyl (C=O) groups is 1. The number of carbonyl (C=O) groups excluding carboxylic acids is 1. The lowest BCUT2D eigenvalue weighted by Crippen LogP contribution is -2.69. The molecule has 1 fully saturated rings. The summed E-state index contributed by atoms with van der Waals surface area (Å²) in [4.78, 5) is 17.3. The molecule has 2 amide bonds. The van der Waals surface area contributed by atoms with Gasteiger partial charge in [0.25, 0.3) is 0 Å². The van der Waals surface area contributed by atoms with Gasteiger partial charge in [0.05, 0.1) is 6.61 Å². The van der Waals surface area contributed by atoms with Crippen molar-refractivity contribution < 1.29 is 9.90 Å². The van der Waals surface area contributed by atoms with Crippen LogP contribution in [0.1, 0.15) is 17.0 Å². The minimum Gasteiger partial charge on any atom is -0.395 e. The first-order valence-corrected chi connectivity index (χ1v) is 10.9. The molecule has 2 aliphatic heterocycles. The standard InChI is InChI=1S/C25H24ClN3O2/c26-20-12-6-4-8-17(20)14-28-22-15-29(25(31)27-18-9-2-1-3-10-18)21-13-7-5-11-19(21)24(22)23(28)16-30/h1-13,22-24,30H,14-16H2,(H,27,31)/t22-,23-,24+/m0/s1. The van der Waals surface area contributed by atoms with Crippen molar-refractivity contribution in [2.45, 2.75) is 24.5 Å². The van der Waals surface area contributed by atoms with Gasteiger partial charge in [-0.1, -0.05) is 66.2 Å². The number of amides is 2. The molecule has 1 saturated heterocycles. The molecule has 2 aliphatic rings. The Balaban J connectivity index is 1.45. The number of hydrogen-bond donors (Lipinski definition) is 2. The molecule has 3 atom stereocenters. The highest BCUT2D eigenvalue weighted by Gasteiger charge is 2.53. The lowest BCUT2D eigenvalue weighted by molar-refractivity contribution is -0.0484. The Hall–Kier alpha value is -2.86. The van der Waals surface area contributed by atoms with Crippen LogP contribution in [0.4, 0.5) is 16.2 Å². The highest BCUT2D eigenvalue weighted by Crippen LogP contribution is 2.49. The number of urea groups is 1. The molecular weight excluding hydrogens is 410 g/mol. The molecule has 0 radical (unpaired) electrons. The number of anilines is 2. The van der Waals surface area contributed by atoms with Crippen LogP contribution in [-0.2, 0) is 6.54 Å². The van der Waals surface area contributed by atoms with Crippen LogP contribution in [0.25, 0.3) is 0 Å². The molecule has 0 bridgehead atoms. The summed E-state index contributed by atoms with van der Waals surface area (Å²) in [5.74, 6) is 0.185. The summed E-state index contributed by atoms with van der Waals surface area (Å²) < 4.78 is 0. The van der Waals surface area contributed by atoms with Gasteiger partial charge in [0.2, 0.25) is 0 Å². The molecule has 5 nitrogen and oxygen atoms in total. The van der Waals surface area contributed by atoms with Crippen LogP contribution >= 0.6 is 11.6 Å². The summed E-state index contributed by atoms with van der Waals surface area (Å²) in [5, 5.41) is 13.9. The normalized spacial score (nSPS) is 22.3. The van der Waals surface area contributed by atoms with E-state index in [0.29, 0.717) is 13.1 Å². The van der Waals surface area contributed by atoms with Crippen LogP contribution in [0.3, 0.4) is 0 Å². The van der Waals surface area contributed by atoms with E-state index in [4.69, 9.17) is 11.6 Å². The molecule has 6 heteroatoms. The second-order valence-corrected chi connectivity index (χ2v) is 8.48. The number of hydrogen-bond acceptors (Lipinski definition) is 3. The number of aliphatic hydroxyl groups excluding tert-OH is 1. The number of para-hydroxylation sites is 2. The summed E-state index contributed by atoms with van der Waals surface area (Å²) in [7, 11) is 0. The molecule has 0 aliphatic carbocycles. The van der Waals surface area contributed by atoms with Gasteiger partial charge in [0.15, 0.2) is 0 Å². The van der Waals surface area contributed by atoms with E-state index in [1.165, 1.54) is 0 Å². The smallest absolute Gasteiger partial charge is 0.326 e. The van der Waals surface area contributed by atoms with Crippen molar-refractivity contribution >= 4 is 29.0 Å². The van der Waals surface area contributed by atoms with Crippen molar-refractivity contribution in [2.75, 3.05) is 23.4 Å². The van der Waals surface area contributed by atoms with Crippen molar-refractivity contribution in [3.8, 4) is 0 Å². The lowest BCUT2D eigenvalue weighted by Gasteiger charge is -2.59.